The number of rotatable bonds is 20. The van der Waals surface area contributed by atoms with Gasteiger partial charge in [-0.3, -0.25) is 24.1 Å². The number of hydrogen-bond acceptors (Lipinski definition) is 6. The van der Waals surface area contributed by atoms with Gasteiger partial charge >= 0.3 is 11.9 Å². The van der Waals surface area contributed by atoms with Crippen LogP contribution in [0.3, 0.4) is 0 Å². The molecule has 0 saturated heterocycles. The third-order valence-corrected chi connectivity index (χ3v) is 8.16. The zero-order valence-corrected chi connectivity index (χ0v) is 28.8. The van der Waals surface area contributed by atoms with Gasteiger partial charge in [-0.2, -0.15) is 0 Å². The maximum atomic E-state index is 12.8. The summed E-state index contributed by atoms with van der Waals surface area (Å²) >= 11 is 0. The molecule has 0 unspecified atom stereocenters. The van der Waals surface area contributed by atoms with Crippen LogP contribution in [0.25, 0.3) is 6.08 Å². The van der Waals surface area contributed by atoms with E-state index >= 15 is 0 Å². The molecule has 4 N–H and O–H groups in total. The average molecular weight is 692 g/mol. The zero-order chi connectivity index (χ0) is 36.4. The molecule has 2 amide bonds. The summed E-state index contributed by atoms with van der Waals surface area (Å²) in [4.78, 5) is 49.9. The SMILES string of the molecule is Cc1ccc(C(=O)Nc2cccc(/C=C/CN(Cc3cccc(OCc4ccccc4)c3)[C@@H](CCCCNC(=O)CCC(=O)O)C(=O)O)c2)cc1. The standard InChI is InChI=1S/C41H45N3O7/c1-30-18-20-34(21-19-30)40(48)43-35-15-7-12-31(26-35)14-9-25-44(37(41(49)50)17-5-6-24-42-38(45)22-23-39(46)47)28-33-13-8-16-36(27-33)51-29-32-10-3-2-4-11-32/h2-4,7-16,18-21,26-27,37H,5-6,17,22-25,28-29H2,1H3,(H,42,45)(H,43,48)(H,46,47)(H,49,50)/b14-9+/t37-/m0/s1. The van der Waals surface area contributed by atoms with Crippen molar-refractivity contribution in [2.75, 3.05) is 18.4 Å². The van der Waals surface area contributed by atoms with E-state index in [2.05, 4.69) is 10.6 Å². The monoisotopic (exact) mass is 691 g/mol. The van der Waals surface area contributed by atoms with Crippen LogP contribution in [0.5, 0.6) is 5.75 Å². The number of carboxylic acid groups (broad SMARTS) is 2. The van der Waals surface area contributed by atoms with Crippen molar-refractivity contribution in [1.82, 2.24) is 10.2 Å². The van der Waals surface area contributed by atoms with Crippen molar-refractivity contribution in [3.05, 3.63) is 137 Å². The van der Waals surface area contributed by atoms with E-state index in [0.29, 0.717) is 62.5 Å². The van der Waals surface area contributed by atoms with Crippen molar-refractivity contribution in [3.8, 4) is 5.75 Å². The van der Waals surface area contributed by atoms with E-state index in [-0.39, 0.29) is 24.7 Å². The Balaban J connectivity index is 1.44. The van der Waals surface area contributed by atoms with Crippen LogP contribution >= 0.6 is 0 Å². The Morgan fingerprint density at radius 2 is 1.57 bits per heavy atom. The Bertz CT molecular complexity index is 1770. The molecule has 0 aromatic heterocycles. The summed E-state index contributed by atoms with van der Waals surface area (Å²) in [6.45, 7) is 3.39. The molecule has 0 aliphatic heterocycles. The number of ether oxygens (including phenoxy) is 1. The predicted molar refractivity (Wildman–Crippen MR) is 197 cm³/mol. The van der Waals surface area contributed by atoms with Gasteiger partial charge in [-0.25, -0.2) is 0 Å². The van der Waals surface area contributed by atoms with Crippen LogP contribution in [-0.2, 0) is 27.5 Å². The van der Waals surface area contributed by atoms with Gasteiger partial charge in [-0.05, 0) is 79.3 Å². The fraction of sp³-hybridized carbons (Fsp3) is 0.268. The first-order chi connectivity index (χ1) is 24.7. The largest absolute Gasteiger partial charge is 0.489 e. The van der Waals surface area contributed by atoms with Crippen molar-refractivity contribution in [2.45, 2.75) is 58.2 Å². The molecular formula is C41H45N3O7. The second-order valence-electron chi connectivity index (χ2n) is 12.3. The number of carboxylic acids is 2. The topological polar surface area (TPSA) is 145 Å². The highest BCUT2D eigenvalue weighted by Gasteiger charge is 2.25. The molecule has 10 nitrogen and oxygen atoms in total. The van der Waals surface area contributed by atoms with Crippen LogP contribution in [0.2, 0.25) is 0 Å². The van der Waals surface area contributed by atoms with Crippen LogP contribution in [0.4, 0.5) is 5.69 Å². The van der Waals surface area contributed by atoms with Gasteiger partial charge in [-0.15, -0.1) is 0 Å². The lowest BCUT2D eigenvalue weighted by molar-refractivity contribution is -0.143. The average Bonchev–Trinajstić information content (AvgIpc) is 3.12. The quantitative estimate of drug-likeness (QED) is 0.0729. The minimum absolute atomic E-state index is 0.0939. The summed E-state index contributed by atoms with van der Waals surface area (Å²) in [5, 5.41) is 24.8. The molecule has 1 atom stereocenters. The molecular weight excluding hydrogens is 646 g/mol. The van der Waals surface area contributed by atoms with Gasteiger partial charge in [0.2, 0.25) is 5.91 Å². The molecule has 4 aromatic carbocycles. The Labute approximate surface area is 298 Å². The van der Waals surface area contributed by atoms with Crippen molar-refractivity contribution in [2.24, 2.45) is 0 Å². The minimum atomic E-state index is -1.03. The molecule has 0 bridgehead atoms. The van der Waals surface area contributed by atoms with E-state index in [1.54, 1.807) is 12.1 Å². The number of aliphatic carboxylic acids is 2. The van der Waals surface area contributed by atoms with Crippen molar-refractivity contribution < 1.29 is 34.1 Å². The molecule has 10 heteroatoms. The minimum Gasteiger partial charge on any atom is -0.489 e. The van der Waals surface area contributed by atoms with Crippen LogP contribution in [0, 0.1) is 6.92 Å². The predicted octanol–water partition coefficient (Wildman–Crippen LogP) is 6.95. The normalized spacial score (nSPS) is 11.6. The second kappa shape index (κ2) is 20.1. The number of aryl methyl sites for hydroxylation is 1. The smallest absolute Gasteiger partial charge is 0.320 e. The highest BCUT2D eigenvalue weighted by atomic mass is 16.5. The highest BCUT2D eigenvalue weighted by molar-refractivity contribution is 6.04. The summed E-state index contributed by atoms with van der Waals surface area (Å²) in [6.07, 6.45) is 4.92. The lowest BCUT2D eigenvalue weighted by Crippen LogP contribution is -2.41. The van der Waals surface area contributed by atoms with E-state index in [9.17, 15) is 24.3 Å². The fourth-order valence-corrected chi connectivity index (χ4v) is 5.43. The first kappa shape index (κ1) is 38.1. The Hall–Kier alpha value is -5.74. The van der Waals surface area contributed by atoms with E-state index in [4.69, 9.17) is 9.84 Å². The molecule has 0 fully saturated rings. The molecule has 51 heavy (non-hydrogen) atoms. The lowest BCUT2D eigenvalue weighted by atomic mass is 10.1. The van der Waals surface area contributed by atoms with Crippen molar-refractivity contribution >= 4 is 35.5 Å². The molecule has 0 spiro atoms. The third kappa shape index (κ3) is 13.6. The van der Waals surface area contributed by atoms with Crippen LogP contribution < -0.4 is 15.4 Å². The number of nitrogens with zero attached hydrogens (tertiary/aromatic N) is 1. The van der Waals surface area contributed by atoms with Gasteiger partial charge < -0.3 is 25.6 Å². The number of carbonyl (C=O) groups excluding carboxylic acids is 2. The molecule has 266 valence electrons. The van der Waals surface area contributed by atoms with Gasteiger partial charge in [0.15, 0.2) is 0 Å². The van der Waals surface area contributed by atoms with Crippen molar-refractivity contribution in [3.63, 3.8) is 0 Å². The maximum absolute atomic E-state index is 12.8. The summed E-state index contributed by atoms with van der Waals surface area (Å²) in [5.41, 5.74) is 5.06. The molecule has 0 heterocycles. The van der Waals surface area contributed by atoms with Crippen LogP contribution in [-0.4, -0.2) is 58.0 Å². The van der Waals surface area contributed by atoms with Gasteiger partial charge in [0.25, 0.3) is 5.91 Å². The van der Waals surface area contributed by atoms with E-state index in [0.717, 1.165) is 22.3 Å². The molecule has 4 aromatic rings. The van der Waals surface area contributed by atoms with E-state index in [1.807, 2.05) is 115 Å². The Kier molecular flexibility index (Phi) is 15.0. The zero-order valence-electron chi connectivity index (χ0n) is 28.8. The van der Waals surface area contributed by atoms with Gasteiger partial charge in [0.1, 0.15) is 18.4 Å². The number of carbonyl (C=O) groups is 4. The number of unbranched alkanes of at least 4 members (excludes halogenated alkanes) is 1. The number of benzene rings is 4. The van der Waals surface area contributed by atoms with E-state index in [1.165, 1.54) is 0 Å². The molecule has 4 rings (SSSR count). The number of anilines is 1. The summed E-state index contributed by atoms with van der Waals surface area (Å²) in [5.74, 6) is -1.85. The molecule has 0 aliphatic rings. The van der Waals surface area contributed by atoms with Crippen LogP contribution in [0.1, 0.15) is 64.7 Å². The van der Waals surface area contributed by atoms with Crippen LogP contribution in [0.15, 0.2) is 109 Å². The maximum Gasteiger partial charge on any atom is 0.320 e. The lowest BCUT2D eigenvalue weighted by Gasteiger charge is -2.28. The first-order valence-corrected chi connectivity index (χ1v) is 17.0. The third-order valence-electron chi connectivity index (χ3n) is 8.16. The van der Waals surface area contributed by atoms with Gasteiger partial charge in [0.05, 0.1) is 6.42 Å². The number of hydrogen-bond donors (Lipinski definition) is 4. The Morgan fingerprint density at radius 3 is 2.31 bits per heavy atom. The molecule has 0 aliphatic carbocycles. The molecule has 0 radical (unpaired) electrons. The fourth-order valence-electron chi connectivity index (χ4n) is 5.43. The first-order valence-electron chi connectivity index (χ1n) is 17.0. The Morgan fingerprint density at radius 1 is 0.824 bits per heavy atom. The number of amides is 2. The van der Waals surface area contributed by atoms with E-state index < -0.39 is 18.0 Å². The summed E-state index contributed by atoms with van der Waals surface area (Å²) in [7, 11) is 0. The molecule has 0 saturated carbocycles. The number of nitrogens with one attached hydrogen (secondary N) is 2. The van der Waals surface area contributed by atoms with Gasteiger partial charge in [-0.1, -0.05) is 84.4 Å². The summed E-state index contributed by atoms with van der Waals surface area (Å²) < 4.78 is 6.03. The van der Waals surface area contributed by atoms with Gasteiger partial charge in [0, 0.05) is 37.3 Å². The highest BCUT2D eigenvalue weighted by Crippen LogP contribution is 2.20. The second-order valence-corrected chi connectivity index (χ2v) is 12.3. The van der Waals surface area contributed by atoms with Crippen molar-refractivity contribution in [1.29, 1.82) is 0 Å². The summed E-state index contributed by atoms with van der Waals surface area (Å²) in [6, 6.07) is 31.4.